The SMILES string of the molecule is COc1ccc(Cl)cc1CC(=O)NNC(=S)N[C@H]1CCC[C@@H](C)[C@H]1C. The molecule has 0 spiro atoms. The molecule has 0 bridgehead atoms. The number of amides is 1. The number of halogens is 1. The van der Waals surface area contributed by atoms with Crippen molar-refractivity contribution >= 4 is 34.8 Å². The van der Waals surface area contributed by atoms with Crippen LogP contribution in [0.25, 0.3) is 0 Å². The van der Waals surface area contributed by atoms with Crippen molar-refractivity contribution < 1.29 is 9.53 Å². The summed E-state index contributed by atoms with van der Waals surface area (Å²) in [4.78, 5) is 12.1. The summed E-state index contributed by atoms with van der Waals surface area (Å²) in [6, 6.07) is 5.54. The maximum absolute atomic E-state index is 12.1. The standard InChI is InChI=1S/C18H26ClN3O2S/c1-11-5-4-6-15(12(11)2)20-18(25)22-21-17(23)10-13-9-14(19)7-8-16(13)24-3/h7-9,11-12,15H,4-6,10H2,1-3H3,(H,21,23)(H2,20,22,25)/t11-,12-,15+/m1/s1. The summed E-state index contributed by atoms with van der Waals surface area (Å²) >= 11 is 11.3. The minimum atomic E-state index is -0.213. The Morgan fingerprint density at radius 3 is 2.80 bits per heavy atom. The topological polar surface area (TPSA) is 62.4 Å². The van der Waals surface area contributed by atoms with Gasteiger partial charge in [-0.15, -0.1) is 0 Å². The Kier molecular flexibility index (Phi) is 7.32. The van der Waals surface area contributed by atoms with Gasteiger partial charge in [-0.1, -0.05) is 38.3 Å². The Morgan fingerprint density at radius 2 is 2.08 bits per heavy atom. The highest BCUT2D eigenvalue weighted by Gasteiger charge is 2.27. The third kappa shape index (κ3) is 5.75. The van der Waals surface area contributed by atoms with E-state index >= 15 is 0 Å². The second kappa shape index (κ2) is 9.25. The van der Waals surface area contributed by atoms with E-state index in [4.69, 9.17) is 28.6 Å². The molecule has 0 radical (unpaired) electrons. The Bertz CT molecular complexity index is 626. The highest BCUT2D eigenvalue weighted by Crippen LogP contribution is 2.29. The number of rotatable bonds is 4. The molecule has 0 aromatic heterocycles. The predicted molar refractivity (Wildman–Crippen MR) is 105 cm³/mol. The molecule has 7 heteroatoms. The Hall–Kier alpha value is -1.53. The third-order valence-corrected chi connectivity index (χ3v) is 5.39. The minimum Gasteiger partial charge on any atom is -0.496 e. The lowest BCUT2D eigenvalue weighted by Crippen LogP contribution is -2.52. The number of hydrogen-bond donors (Lipinski definition) is 3. The summed E-state index contributed by atoms with van der Waals surface area (Å²) in [7, 11) is 1.56. The molecule has 1 fully saturated rings. The number of hydrazine groups is 1. The fourth-order valence-corrected chi connectivity index (χ4v) is 3.62. The fourth-order valence-electron chi connectivity index (χ4n) is 3.22. The number of benzene rings is 1. The van der Waals surface area contributed by atoms with Crippen molar-refractivity contribution in [3.63, 3.8) is 0 Å². The van der Waals surface area contributed by atoms with E-state index in [2.05, 4.69) is 30.0 Å². The molecule has 1 aliphatic carbocycles. The number of carbonyl (C=O) groups is 1. The maximum Gasteiger partial charge on any atom is 0.242 e. The van der Waals surface area contributed by atoms with Gasteiger partial charge in [-0.25, -0.2) is 0 Å². The van der Waals surface area contributed by atoms with Crippen LogP contribution in [0.1, 0.15) is 38.7 Å². The number of ether oxygens (including phenoxy) is 1. The van der Waals surface area contributed by atoms with Gasteiger partial charge in [0, 0.05) is 16.6 Å². The van der Waals surface area contributed by atoms with E-state index in [1.165, 1.54) is 12.8 Å². The molecule has 0 saturated heterocycles. The summed E-state index contributed by atoms with van der Waals surface area (Å²) in [5.74, 6) is 1.65. The van der Waals surface area contributed by atoms with Gasteiger partial charge in [-0.2, -0.15) is 0 Å². The van der Waals surface area contributed by atoms with E-state index in [1.54, 1.807) is 25.3 Å². The van der Waals surface area contributed by atoms with Crippen molar-refractivity contribution in [1.29, 1.82) is 0 Å². The van der Waals surface area contributed by atoms with Crippen molar-refractivity contribution in [2.24, 2.45) is 11.8 Å². The largest absolute Gasteiger partial charge is 0.496 e. The van der Waals surface area contributed by atoms with Gasteiger partial charge in [0.2, 0.25) is 5.91 Å². The van der Waals surface area contributed by atoms with Crippen LogP contribution in [0.5, 0.6) is 5.75 Å². The van der Waals surface area contributed by atoms with E-state index in [1.807, 2.05) is 0 Å². The van der Waals surface area contributed by atoms with E-state index < -0.39 is 0 Å². The zero-order valence-corrected chi connectivity index (χ0v) is 16.5. The second-order valence-corrected chi connectivity index (χ2v) is 7.50. The average Bonchev–Trinajstić information content (AvgIpc) is 2.57. The predicted octanol–water partition coefficient (Wildman–Crippen LogP) is 3.21. The first-order valence-corrected chi connectivity index (χ1v) is 9.37. The molecule has 3 N–H and O–H groups in total. The van der Waals surface area contributed by atoms with Crippen LogP contribution in [0.4, 0.5) is 0 Å². The Labute approximate surface area is 159 Å². The molecule has 1 aromatic carbocycles. The lowest BCUT2D eigenvalue weighted by molar-refractivity contribution is -0.121. The monoisotopic (exact) mass is 383 g/mol. The summed E-state index contributed by atoms with van der Waals surface area (Å²) in [5, 5.41) is 4.32. The number of carbonyl (C=O) groups excluding carboxylic acids is 1. The number of hydrogen-bond acceptors (Lipinski definition) is 3. The molecule has 0 aliphatic heterocycles. The van der Waals surface area contributed by atoms with Crippen LogP contribution >= 0.6 is 23.8 Å². The number of thiocarbonyl (C=S) groups is 1. The van der Waals surface area contributed by atoms with Crippen molar-refractivity contribution in [2.45, 2.75) is 45.6 Å². The lowest BCUT2D eigenvalue weighted by Gasteiger charge is -2.35. The lowest BCUT2D eigenvalue weighted by atomic mass is 9.78. The first kappa shape index (κ1) is 19.8. The van der Waals surface area contributed by atoms with Crippen molar-refractivity contribution in [3.05, 3.63) is 28.8 Å². The summed E-state index contributed by atoms with van der Waals surface area (Å²) in [6.07, 6.45) is 3.71. The quantitative estimate of drug-likeness (QED) is 0.550. The van der Waals surface area contributed by atoms with Gasteiger partial charge in [0.25, 0.3) is 0 Å². The van der Waals surface area contributed by atoms with Gasteiger partial charge in [0.05, 0.1) is 13.5 Å². The first-order chi connectivity index (χ1) is 11.9. The molecule has 1 amide bonds. The Balaban J connectivity index is 1.81. The highest BCUT2D eigenvalue weighted by molar-refractivity contribution is 7.80. The van der Waals surface area contributed by atoms with Crippen LogP contribution < -0.4 is 20.9 Å². The molecule has 0 unspecified atom stereocenters. The third-order valence-electron chi connectivity index (χ3n) is 4.93. The molecule has 2 rings (SSSR count). The molecule has 0 heterocycles. The number of methoxy groups -OCH3 is 1. The summed E-state index contributed by atoms with van der Waals surface area (Å²) < 4.78 is 5.25. The average molecular weight is 384 g/mol. The van der Waals surface area contributed by atoms with Gasteiger partial charge in [0.15, 0.2) is 5.11 Å². The highest BCUT2D eigenvalue weighted by atomic mass is 35.5. The van der Waals surface area contributed by atoms with Crippen LogP contribution in [0.3, 0.4) is 0 Å². The minimum absolute atomic E-state index is 0.149. The van der Waals surface area contributed by atoms with Crippen LogP contribution in [-0.4, -0.2) is 24.2 Å². The molecular weight excluding hydrogens is 358 g/mol. The van der Waals surface area contributed by atoms with Gasteiger partial charge in [-0.05, 0) is 48.7 Å². The van der Waals surface area contributed by atoms with Gasteiger partial charge < -0.3 is 10.1 Å². The first-order valence-electron chi connectivity index (χ1n) is 8.58. The van der Waals surface area contributed by atoms with Crippen molar-refractivity contribution in [2.75, 3.05) is 7.11 Å². The van der Waals surface area contributed by atoms with Crippen molar-refractivity contribution in [3.8, 4) is 5.75 Å². The smallest absolute Gasteiger partial charge is 0.242 e. The molecule has 1 aromatic rings. The van der Waals surface area contributed by atoms with Gasteiger partial charge in [-0.3, -0.25) is 15.6 Å². The van der Waals surface area contributed by atoms with E-state index in [0.717, 1.165) is 12.0 Å². The van der Waals surface area contributed by atoms with Crippen LogP contribution in [0, 0.1) is 11.8 Å². The van der Waals surface area contributed by atoms with Gasteiger partial charge >= 0.3 is 0 Å². The van der Waals surface area contributed by atoms with E-state index in [0.29, 0.717) is 33.8 Å². The zero-order valence-electron chi connectivity index (χ0n) is 14.9. The summed E-state index contributed by atoms with van der Waals surface area (Å²) in [6.45, 7) is 4.52. The van der Waals surface area contributed by atoms with Crippen molar-refractivity contribution in [1.82, 2.24) is 16.2 Å². The zero-order chi connectivity index (χ0) is 18.4. The molecule has 138 valence electrons. The van der Waals surface area contributed by atoms with E-state index in [-0.39, 0.29) is 12.3 Å². The Morgan fingerprint density at radius 1 is 1.32 bits per heavy atom. The van der Waals surface area contributed by atoms with E-state index in [9.17, 15) is 4.79 Å². The molecule has 1 saturated carbocycles. The van der Waals surface area contributed by atoms with Gasteiger partial charge in [0.1, 0.15) is 5.75 Å². The normalized spacial score (nSPS) is 22.8. The summed E-state index contributed by atoms with van der Waals surface area (Å²) in [5.41, 5.74) is 6.14. The second-order valence-electron chi connectivity index (χ2n) is 6.65. The van der Waals surface area contributed by atoms with Crippen LogP contribution in [0.15, 0.2) is 18.2 Å². The molecule has 5 nitrogen and oxygen atoms in total. The molecule has 3 atom stereocenters. The maximum atomic E-state index is 12.1. The molecular formula is C18H26ClN3O2S. The molecule has 25 heavy (non-hydrogen) atoms. The number of nitrogens with one attached hydrogen (secondary N) is 3. The van der Waals surface area contributed by atoms with Crippen LogP contribution in [0.2, 0.25) is 5.02 Å². The molecule has 1 aliphatic rings. The fraction of sp³-hybridized carbons (Fsp3) is 0.556. The van der Waals surface area contributed by atoms with Crippen LogP contribution in [-0.2, 0) is 11.2 Å².